The zero-order valence-corrected chi connectivity index (χ0v) is 16.6. The van der Waals surface area contributed by atoms with Gasteiger partial charge in [-0.1, -0.05) is 54.1 Å². The third-order valence-corrected chi connectivity index (χ3v) is 5.58. The first kappa shape index (κ1) is 19.0. The molecule has 0 radical (unpaired) electrons. The van der Waals surface area contributed by atoms with Crippen molar-refractivity contribution in [2.24, 2.45) is 0 Å². The topological polar surface area (TPSA) is 71.1 Å². The smallest absolute Gasteiger partial charge is 0.308 e. The number of thioether (sulfide) groups is 1. The summed E-state index contributed by atoms with van der Waals surface area (Å²) in [7, 11) is 0. The number of nitrogens with zero attached hydrogens (tertiary/aromatic N) is 1. The zero-order valence-electron chi connectivity index (χ0n) is 15.8. The van der Waals surface area contributed by atoms with Gasteiger partial charge in [0.1, 0.15) is 0 Å². The molecule has 6 heteroatoms. The van der Waals surface area contributed by atoms with E-state index in [0.717, 1.165) is 32.3 Å². The fourth-order valence-corrected chi connectivity index (χ4v) is 4.06. The number of pyridine rings is 1. The Morgan fingerprint density at radius 3 is 2.07 bits per heavy atom. The fraction of sp³-hybridized carbons (Fsp3) is 0.0870. The summed E-state index contributed by atoms with van der Waals surface area (Å²) in [5.41, 5.74) is 3.50. The van der Waals surface area contributed by atoms with E-state index >= 15 is 0 Å². The van der Waals surface area contributed by atoms with E-state index in [4.69, 9.17) is 0 Å². The number of carbonyl (C=O) groups excluding carboxylic acids is 2. The summed E-state index contributed by atoms with van der Waals surface area (Å²) >= 11 is 1.41. The van der Waals surface area contributed by atoms with Crippen molar-refractivity contribution in [1.82, 2.24) is 10.3 Å². The molecule has 0 fully saturated rings. The highest BCUT2D eigenvalue weighted by atomic mass is 32.2. The number of anilines is 1. The Morgan fingerprint density at radius 1 is 0.862 bits per heavy atom. The van der Waals surface area contributed by atoms with Gasteiger partial charge in [0.2, 0.25) is 5.91 Å². The van der Waals surface area contributed by atoms with Crippen molar-refractivity contribution in [2.45, 2.75) is 11.8 Å². The molecule has 0 aliphatic carbocycles. The van der Waals surface area contributed by atoms with Crippen LogP contribution >= 0.6 is 11.8 Å². The van der Waals surface area contributed by atoms with E-state index in [1.54, 1.807) is 12.1 Å². The van der Waals surface area contributed by atoms with E-state index in [1.165, 1.54) is 11.8 Å². The number of fused-ring (bicyclic) bond motifs is 2. The first-order valence-electron chi connectivity index (χ1n) is 9.18. The van der Waals surface area contributed by atoms with E-state index in [2.05, 4.69) is 15.6 Å². The molecule has 0 saturated heterocycles. The highest BCUT2D eigenvalue weighted by Gasteiger charge is 2.13. The Morgan fingerprint density at radius 2 is 1.45 bits per heavy atom. The number of hydrogen-bond donors (Lipinski definition) is 2. The molecular formula is C23H19N3O2S. The van der Waals surface area contributed by atoms with Crippen LogP contribution in [-0.4, -0.2) is 22.7 Å². The van der Waals surface area contributed by atoms with Crippen LogP contribution in [0.15, 0.2) is 77.7 Å². The van der Waals surface area contributed by atoms with Crippen molar-refractivity contribution in [3.05, 3.63) is 78.4 Å². The molecule has 0 bridgehead atoms. The van der Waals surface area contributed by atoms with Crippen LogP contribution in [0.2, 0.25) is 0 Å². The van der Waals surface area contributed by atoms with E-state index in [9.17, 15) is 9.59 Å². The molecule has 144 valence electrons. The minimum atomic E-state index is -0.538. The van der Waals surface area contributed by atoms with Crippen LogP contribution in [0.4, 0.5) is 10.5 Å². The second-order valence-electron chi connectivity index (χ2n) is 6.63. The van der Waals surface area contributed by atoms with Gasteiger partial charge in [-0.05, 0) is 31.2 Å². The molecule has 0 spiro atoms. The van der Waals surface area contributed by atoms with Crippen molar-refractivity contribution >= 4 is 51.2 Å². The summed E-state index contributed by atoms with van der Waals surface area (Å²) in [6.45, 7) is 1.97. The largest absolute Gasteiger partial charge is 0.325 e. The van der Waals surface area contributed by atoms with Crippen LogP contribution in [-0.2, 0) is 4.79 Å². The predicted octanol–water partition coefficient (Wildman–Crippen LogP) is 5.14. The van der Waals surface area contributed by atoms with Gasteiger partial charge in [-0.25, -0.2) is 9.78 Å². The number of benzene rings is 3. The van der Waals surface area contributed by atoms with Gasteiger partial charge in [-0.15, -0.1) is 11.8 Å². The van der Waals surface area contributed by atoms with Crippen LogP contribution in [0.1, 0.15) is 5.56 Å². The van der Waals surface area contributed by atoms with Gasteiger partial charge in [0.05, 0.1) is 16.8 Å². The zero-order chi connectivity index (χ0) is 20.2. The lowest BCUT2D eigenvalue weighted by molar-refractivity contribution is -0.117. The SMILES string of the molecule is Cc1ccc(NC(=O)NC(=O)CSc2c3ccccc3nc3ccccc23)cc1. The van der Waals surface area contributed by atoms with E-state index in [1.807, 2.05) is 67.6 Å². The van der Waals surface area contributed by atoms with Crippen LogP contribution < -0.4 is 10.6 Å². The lowest BCUT2D eigenvalue weighted by atomic mass is 10.1. The van der Waals surface area contributed by atoms with Crippen molar-refractivity contribution in [2.75, 3.05) is 11.1 Å². The summed E-state index contributed by atoms with van der Waals surface area (Å²) in [6.07, 6.45) is 0. The van der Waals surface area contributed by atoms with Gasteiger partial charge in [-0.3, -0.25) is 10.1 Å². The number of para-hydroxylation sites is 2. The third kappa shape index (κ3) is 4.38. The molecule has 3 amide bonds. The van der Waals surface area contributed by atoms with Crippen LogP contribution in [0.5, 0.6) is 0 Å². The normalized spacial score (nSPS) is 10.8. The van der Waals surface area contributed by atoms with Crippen molar-refractivity contribution in [3.8, 4) is 0 Å². The molecule has 0 saturated carbocycles. The number of rotatable bonds is 4. The molecule has 0 atom stereocenters. The van der Waals surface area contributed by atoms with Gasteiger partial charge in [0, 0.05) is 21.4 Å². The fourth-order valence-electron chi connectivity index (χ4n) is 3.06. The second-order valence-corrected chi connectivity index (χ2v) is 7.62. The quantitative estimate of drug-likeness (QED) is 0.367. The molecule has 0 unspecified atom stereocenters. The standard InChI is InChI=1S/C23H19N3O2S/c1-15-10-12-16(13-11-15)24-23(28)26-21(27)14-29-22-17-6-2-4-8-19(17)25-20-9-5-3-7-18(20)22/h2-13H,14H2,1H3,(H2,24,26,27,28). The van der Waals surface area contributed by atoms with E-state index < -0.39 is 6.03 Å². The molecule has 0 aliphatic rings. The first-order valence-corrected chi connectivity index (χ1v) is 10.2. The van der Waals surface area contributed by atoms with Crippen molar-refractivity contribution < 1.29 is 9.59 Å². The highest BCUT2D eigenvalue weighted by Crippen LogP contribution is 2.33. The van der Waals surface area contributed by atoms with Gasteiger partial charge in [0.15, 0.2) is 0 Å². The summed E-state index contributed by atoms with van der Waals surface area (Å²) in [5.74, 6) is -0.233. The van der Waals surface area contributed by atoms with Gasteiger partial charge in [0.25, 0.3) is 0 Å². The Balaban J connectivity index is 1.48. The maximum absolute atomic E-state index is 12.3. The van der Waals surface area contributed by atoms with E-state index in [0.29, 0.717) is 5.69 Å². The Kier molecular flexibility index (Phi) is 5.44. The average Bonchev–Trinajstić information content (AvgIpc) is 2.72. The molecule has 4 rings (SSSR count). The second kappa shape index (κ2) is 8.32. The van der Waals surface area contributed by atoms with Gasteiger partial charge >= 0.3 is 6.03 Å². The summed E-state index contributed by atoms with van der Waals surface area (Å²) in [5, 5.41) is 7.04. The molecule has 4 aromatic rings. The van der Waals surface area contributed by atoms with Crippen LogP contribution in [0.3, 0.4) is 0 Å². The van der Waals surface area contributed by atoms with E-state index in [-0.39, 0.29) is 11.7 Å². The monoisotopic (exact) mass is 401 g/mol. The predicted molar refractivity (Wildman–Crippen MR) is 118 cm³/mol. The minimum Gasteiger partial charge on any atom is -0.308 e. The first-order chi connectivity index (χ1) is 14.1. The third-order valence-electron chi connectivity index (χ3n) is 4.45. The number of aryl methyl sites for hydroxylation is 1. The van der Waals surface area contributed by atoms with Crippen LogP contribution in [0.25, 0.3) is 21.8 Å². The highest BCUT2D eigenvalue weighted by molar-refractivity contribution is 8.00. The Bertz CT molecular complexity index is 1150. The van der Waals surface area contributed by atoms with Crippen LogP contribution in [0, 0.1) is 6.92 Å². The molecule has 1 aromatic heterocycles. The van der Waals surface area contributed by atoms with Crippen molar-refractivity contribution in [1.29, 1.82) is 0 Å². The van der Waals surface area contributed by atoms with Crippen molar-refractivity contribution in [3.63, 3.8) is 0 Å². The molecule has 29 heavy (non-hydrogen) atoms. The number of imide groups is 1. The molecular weight excluding hydrogens is 382 g/mol. The summed E-state index contributed by atoms with van der Waals surface area (Å²) < 4.78 is 0. The maximum Gasteiger partial charge on any atom is 0.325 e. The number of hydrogen-bond acceptors (Lipinski definition) is 4. The average molecular weight is 401 g/mol. The number of nitrogens with one attached hydrogen (secondary N) is 2. The van der Waals surface area contributed by atoms with Gasteiger partial charge < -0.3 is 5.32 Å². The molecule has 2 N–H and O–H groups in total. The molecule has 3 aromatic carbocycles. The Labute approximate surface area is 172 Å². The molecule has 5 nitrogen and oxygen atoms in total. The summed E-state index contributed by atoms with van der Waals surface area (Å²) in [6, 6.07) is 22.6. The number of amides is 3. The minimum absolute atomic E-state index is 0.124. The van der Waals surface area contributed by atoms with Gasteiger partial charge in [-0.2, -0.15) is 0 Å². The Hall–Kier alpha value is -3.38. The number of urea groups is 1. The molecule has 1 heterocycles. The maximum atomic E-state index is 12.3. The lowest BCUT2D eigenvalue weighted by Gasteiger charge is -2.11. The number of aromatic nitrogens is 1. The molecule has 0 aliphatic heterocycles. The summed E-state index contributed by atoms with van der Waals surface area (Å²) in [4.78, 5) is 30.1. The number of carbonyl (C=O) groups is 2. The lowest BCUT2D eigenvalue weighted by Crippen LogP contribution is -2.35.